The minimum atomic E-state index is -1.58. The van der Waals surface area contributed by atoms with Gasteiger partial charge in [-0.25, -0.2) is 0 Å². The van der Waals surface area contributed by atoms with E-state index in [2.05, 4.69) is 116 Å². The van der Waals surface area contributed by atoms with E-state index in [1.165, 1.54) is 186 Å². The number of rotatable bonds is 60. The van der Waals surface area contributed by atoms with E-state index in [9.17, 15) is 30.3 Å². The van der Waals surface area contributed by atoms with Crippen molar-refractivity contribution in [2.45, 2.75) is 346 Å². The number of hydrogen-bond donors (Lipinski definition) is 6. The molecule has 9 heteroatoms. The highest BCUT2D eigenvalue weighted by molar-refractivity contribution is 5.76. The third-order valence-electron chi connectivity index (χ3n) is 16.1. The first-order chi connectivity index (χ1) is 41.3. The van der Waals surface area contributed by atoms with E-state index in [1.54, 1.807) is 6.08 Å². The molecule has 1 aliphatic rings. The second kappa shape index (κ2) is 62.9. The lowest BCUT2D eigenvalue weighted by atomic mass is 9.99. The van der Waals surface area contributed by atoms with Crippen LogP contribution in [-0.4, -0.2) is 87.5 Å². The molecule has 1 aliphatic heterocycles. The SMILES string of the molecule is CC/C=C\C/C=C\C/C=C\C/C=C\C/C=C\C/C=C\C/C=C\CCCCCCCCCC(=O)NC(COC1OC(CO)C(O)C(O)C1O)C(O)/C=C/CC/C=C/CCCCCCCCCCCCCCCCCCCCCCCCCCCC. The first kappa shape index (κ1) is 78.9. The van der Waals surface area contributed by atoms with E-state index >= 15 is 0 Å². The van der Waals surface area contributed by atoms with Crippen molar-refractivity contribution in [2.75, 3.05) is 13.2 Å². The summed E-state index contributed by atoms with van der Waals surface area (Å²) in [6.07, 6.45) is 86.2. The van der Waals surface area contributed by atoms with E-state index in [-0.39, 0.29) is 12.5 Å². The summed E-state index contributed by atoms with van der Waals surface area (Å²) in [5.41, 5.74) is 0. The number of aliphatic hydroxyl groups excluding tert-OH is 5. The van der Waals surface area contributed by atoms with Gasteiger partial charge in [-0.05, 0) is 89.9 Å². The molecule has 7 unspecified atom stereocenters. The lowest BCUT2D eigenvalue weighted by Crippen LogP contribution is -2.60. The lowest BCUT2D eigenvalue weighted by Gasteiger charge is -2.40. The number of amides is 1. The standard InChI is InChI=1S/C75H131NO8/c1-3-5-7-9-11-13-15-17-19-21-23-25-27-29-31-33-34-35-37-38-40-42-44-46-48-50-52-54-56-58-60-62-64-69(78)68(67-83-75-74(82)73(81)72(80)70(66-77)84-75)76-71(79)65-63-61-59-57-55-53-51-49-47-45-43-41-39-36-32-30-28-26-24-22-20-18-16-14-12-10-8-6-4-2/h6,8,12,14,18,20,24,26,30,32,39,41,45,47,54,56,62,64,68-70,72-75,77-78,80-82H,3-5,7,9-11,13,15-17,19,21-23,25,27-29,31,33-38,40,42-44,46,48-53,55,57-61,63,65-67H2,1-2H3,(H,76,79)/b8-6-,14-12-,20-18-,26-24-,32-30-,41-39-,47-45-,56-54+,64-62+. The molecule has 0 aromatic heterocycles. The fourth-order valence-electron chi connectivity index (χ4n) is 10.6. The molecule has 0 aliphatic carbocycles. The minimum absolute atomic E-state index is 0.199. The van der Waals surface area contributed by atoms with Crippen molar-refractivity contribution in [3.8, 4) is 0 Å². The van der Waals surface area contributed by atoms with Gasteiger partial charge in [-0.3, -0.25) is 4.79 Å². The maximum Gasteiger partial charge on any atom is 0.220 e. The van der Waals surface area contributed by atoms with Crippen molar-refractivity contribution in [3.05, 3.63) is 109 Å². The average molecular weight is 1170 g/mol. The average Bonchev–Trinajstić information content (AvgIpc) is 3.69. The molecule has 1 rings (SSSR count). The predicted octanol–water partition coefficient (Wildman–Crippen LogP) is 19.2. The number of nitrogens with one attached hydrogen (secondary N) is 1. The van der Waals surface area contributed by atoms with Crippen molar-refractivity contribution < 1.29 is 39.8 Å². The third-order valence-corrected chi connectivity index (χ3v) is 16.1. The molecule has 0 radical (unpaired) electrons. The van der Waals surface area contributed by atoms with Crippen LogP contribution in [0, 0.1) is 0 Å². The zero-order chi connectivity index (χ0) is 60.7. The predicted molar refractivity (Wildman–Crippen MR) is 359 cm³/mol. The summed E-state index contributed by atoms with van der Waals surface area (Å²) >= 11 is 0. The maximum atomic E-state index is 13.1. The van der Waals surface area contributed by atoms with Crippen LogP contribution >= 0.6 is 0 Å². The van der Waals surface area contributed by atoms with Crippen molar-refractivity contribution >= 4 is 5.91 Å². The summed E-state index contributed by atoms with van der Waals surface area (Å²) in [6, 6.07) is -0.838. The van der Waals surface area contributed by atoms with Crippen LogP contribution < -0.4 is 5.32 Å². The number of hydrogen-bond acceptors (Lipinski definition) is 8. The molecule has 1 saturated heterocycles. The molecule has 0 aromatic carbocycles. The molecule has 6 N–H and O–H groups in total. The largest absolute Gasteiger partial charge is 0.394 e. The molecule has 484 valence electrons. The quantitative estimate of drug-likeness (QED) is 0.0261. The summed E-state index contributed by atoms with van der Waals surface area (Å²) in [7, 11) is 0. The van der Waals surface area contributed by atoms with Gasteiger partial charge in [-0.15, -0.1) is 0 Å². The van der Waals surface area contributed by atoms with Gasteiger partial charge < -0.3 is 40.3 Å². The molecule has 0 bridgehead atoms. The Labute approximate surface area is 516 Å². The summed E-state index contributed by atoms with van der Waals surface area (Å²) in [5.74, 6) is -0.199. The lowest BCUT2D eigenvalue weighted by molar-refractivity contribution is -0.302. The summed E-state index contributed by atoms with van der Waals surface area (Å²) in [4.78, 5) is 13.1. The Bertz CT molecular complexity index is 1690. The second-order valence-corrected chi connectivity index (χ2v) is 23.9. The van der Waals surface area contributed by atoms with Gasteiger partial charge in [0.2, 0.25) is 5.91 Å². The molecular weight excluding hydrogens is 1040 g/mol. The van der Waals surface area contributed by atoms with Crippen molar-refractivity contribution in [3.63, 3.8) is 0 Å². The number of aliphatic hydroxyl groups is 5. The molecule has 1 amide bonds. The van der Waals surface area contributed by atoms with E-state index in [1.807, 2.05) is 6.08 Å². The molecule has 0 aromatic rings. The highest BCUT2D eigenvalue weighted by Gasteiger charge is 2.44. The summed E-state index contributed by atoms with van der Waals surface area (Å²) < 4.78 is 11.3. The fraction of sp³-hybridized carbons (Fsp3) is 0.747. The Hall–Kier alpha value is -3.15. The Morgan fingerprint density at radius 3 is 1.14 bits per heavy atom. The monoisotopic (exact) mass is 1170 g/mol. The maximum absolute atomic E-state index is 13.1. The highest BCUT2D eigenvalue weighted by Crippen LogP contribution is 2.23. The van der Waals surface area contributed by atoms with Crippen LogP contribution in [0.3, 0.4) is 0 Å². The van der Waals surface area contributed by atoms with Crippen LogP contribution in [0.15, 0.2) is 109 Å². The van der Waals surface area contributed by atoms with E-state index < -0.39 is 49.5 Å². The highest BCUT2D eigenvalue weighted by atomic mass is 16.7. The Balaban J connectivity index is 2.18. The zero-order valence-electron chi connectivity index (χ0n) is 54.1. The third kappa shape index (κ3) is 50.9. The molecule has 84 heavy (non-hydrogen) atoms. The molecular formula is C75H131NO8. The van der Waals surface area contributed by atoms with Crippen LogP contribution in [0.1, 0.15) is 303 Å². The molecule has 1 fully saturated rings. The summed E-state index contributed by atoms with van der Waals surface area (Å²) in [6.45, 7) is 3.67. The molecule has 1 heterocycles. The number of carbonyl (C=O) groups is 1. The van der Waals surface area contributed by atoms with Gasteiger partial charge >= 0.3 is 0 Å². The van der Waals surface area contributed by atoms with Crippen molar-refractivity contribution in [1.29, 1.82) is 0 Å². The van der Waals surface area contributed by atoms with Gasteiger partial charge in [0, 0.05) is 6.42 Å². The molecule has 7 atom stereocenters. The molecule has 0 spiro atoms. The van der Waals surface area contributed by atoms with E-state index in [0.717, 1.165) is 96.3 Å². The van der Waals surface area contributed by atoms with Crippen LogP contribution in [0.2, 0.25) is 0 Å². The van der Waals surface area contributed by atoms with Gasteiger partial charge in [0.05, 0.1) is 25.4 Å². The number of ether oxygens (including phenoxy) is 2. The van der Waals surface area contributed by atoms with E-state index in [4.69, 9.17) is 9.47 Å². The molecule has 9 nitrogen and oxygen atoms in total. The molecule has 0 saturated carbocycles. The van der Waals surface area contributed by atoms with Gasteiger partial charge in [0.15, 0.2) is 6.29 Å². The number of allylic oxidation sites excluding steroid dienone is 17. The Kier molecular flexibility index (Phi) is 59.0. The number of unbranched alkanes of at least 4 members (excludes halogenated alkanes) is 34. The fourth-order valence-corrected chi connectivity index (χ4v) is 10.6. The van der Waals surface area contributed by atoms with Crippen molar-refractivity contribution in [1.82, 2.24) is 5.32 Å². The van der Waals surface area contributed by atoms with E-state index in [0.29, 0.717) is 6.42 Å². The number of carbonyl (C=O) groups excluding carboxylic acids is 1. The summed E-state index contributed by atoms with van der Waals surface area (Å²) in [5, 5.41) is 54.7. The van der Waals surface area contributed by atoms with Crippen LogP contribution in [0.5, 0.6) is 0 Å². The second-order valence-electron chi connectivity index (χ2n) is 23.9. The van der Waals surface area contributed by atoms with Gasteiger partial charge in [-0.2, -0.15) is 0 Å². The minimum Gasteiger partial charge on any atom is -0.394 e. The van der Waals surface area contributed by atoms with Crippen LogP contribution in [0.4, 0.5) is 0 Å². The smallest absolute Gasteiger partial charge is 0.220 e. The van der Waals surface area contributed by atoms with Gasteiger partial charge in [0.25, 0.3) is 0 Å². The Morgan fingerprint density at radius 1 is 0.417 bits per heavy atom. The van der Waals surface area contributed by atoms with Gasteiger partial charge in [-0.1, -0.05) is 316 Å². The first-order valence-corrected chi connectivity index (χ1v) is 35.1. The van der Waals surface area contributed by atoms with Crippen LogP contribution in [-0.2, 0) is 14.3 Å². The van der Waals surface area contributed by atoms with Gasteiger partial charge in [0.1, 0.15) is 24.4 Å². The van der Waals surface area contributed by atoms with Crippen molar-refractivity contribution in [2.24, 2.45) is 0 Å². The normalized spacial score (nSPS) is 18.9. The van der Waals surface area contributed by atoms with Crippen LogP contribution in [0.25, 0.3) is 0 Å². The first-order valence-electron chi connectivity index (χ1n) is 35.1. The Morgan fingerprint density at radius 2 is 0.750 bits per heavy atom. The topological polar surface area (TPSA) is 149 Å². The zero-order valence-corrected chi connectivity index (χ0v) is 54.1.